The van der Waals surface area contributed by atoms with E-state index in [1.54, 1.807) is 0 Å². The van der Waals surface area contributed by atoms with Gasteiger partial charge in [0.15, 0.2) is 0 Å². The molecular weight excluding hydrogens is 308 g/mol. The van der Waals surface area contributed by atoms with Crippen LogP contribution in [0.15, 0.2) is 24.3 Å². The first-order valence-corrected chi connectivity index (χ1v) is 9.20. The predicted molar refractivity (Wildman–Crippen MR) is 94.7 cm³/mol. The van der Waals surface area contributed by atoms with Crippen LogP contribution in [0.5, 0.6) is 0 Å². The fourth-order valence-electron chi connectivity index (χ4n) is 3.69. The van der Waals surface area contributed by atoms with Gasteiger partial charge in [-0.05, 0) is 68.3 Å². The molecule has 3 nitrogen and oxygen atoms in total. The summed E-state index contributed by atoms with van der Waals surface area (Å²) < 4.78 is 0. The first kappa shape index (κ1) is 16.8. The number of halogens is 1. The SMILES string of the molecule is CC(CC(=O)NCC1(c2ccc(Cl)cc2)CC1)C1CCCNC1. The van der Waals surface area contributed by atoms with Crippen LogP contribution in [0, 0.1) is 11.8 Å². The summed E-state index contributed by atoms with van der Waals surface area (Å²) in [6.07, 6.45) is 5.42. The average Bonchev–Trinajstić information content (AvgIpc) is 3.35. The van der Waals surface area contributed by atoms with Crippen LogP contribution in [0.2, 0.25) is 5.02 Å². The molecule has 126 valence electrons. The molecule has 4 heteroatoms. The van der Waals surface area contributed by atoms with Gasteiger partial charge in [-0.15, -0.1) is 0 Å². The molecule has 1 saturated carbocycles. The summed E-state index contributed by atoms with van der Waals surface area (Å²) in [6, 6.07) is 8.07. The second-order valence-corrected chi connectivity index (χ2v) is 7.79. The van der Waals surface area contributed by atoms with Crippen molar-refractivity contribution in [2.45, 2.75) is 44.4 Å². The van der Waals surface area contributed by atoms with Crippen molar-refractivity contribution in [3.05, 3.63) is 34.9 Å². The third kappa shape index (κ3) is 4.27. The Balaban J connectivity index is 1.48. The van der Waals surface area contributed by atoms with Crippen molar-refractivity contribution in [3.8, 4) is 0 Å². The van der Waals surface area contributed by atoms with E-state index in [9.17, 15) is 4.79 Å². The highest BCUT2D eigenvalue weighted by atomic mass is 35.5. The van der Waals surface area contributed by atoms with Crippen LogP contribution >= 0.6 is 11.6 Å². The minimum atomic E-state index is 0.149. The molecule has 2 fully saturated rings. The number of rotatable bonds is 6. The molecule has 1 aliphatic heterocycles. The molecule has 3 rings (SSSR count). The molecule has 0 bridgehead atoms. The molecule has 1 amide bonds. The van der Waals surface area contributed by atoms with Crippen molar-refractivity contribution in [2.75, 3.05) is 19.6 Å². The predicted octanol–water partition coefficient (Wildman–Crippen LogP) is 3.51. The number of carbonyl (C=O) groups excluding carboxylic acids is 1. The van der Waals surface area contributed by atoms with Crippen molar-refractivity contribution >= 4 is 17.5 Å². The minimum Gasteiger partial charge on any atom is -0.355 e. The first-order chi connectivity index (χ1) is 11.1. The molecule has 1 aromatic rings. The highest BCUT2D eigenvalue weighted by Crippen LogP contribution is 2.47. The Bertz CT molecular complexity index is 533. The van der Waals surface area contributed by atoms with Crippen LogP contribution in [-0.2, 0) is 10.2 Å². The summed E-state index contributed by atoms with van der Waals surface area (Å²) in [5, 5.41) is 7.38. The molecule has 23 heavy (non-hydrogen) atoms. The third-order valence-corrected chi connectivity index (χ3v) is 5.83. The molecule has 1 aliphatic carbocycles. The zero-order valence-electron chi connectivity index (χ0n) is 13.9. The van der Waals surface area contributed by atoms with Gasteiger partial charge in [0.2, 0.25) is 5.91 Å². The van der Waals surface area contributed by atoms with E-state index >= 15 is 0 Å². The summed E-state index contributed by atoms with van der Waals surface area (Å²) in [5.74, 6) is 1.29. The summed E-state index contributed by atoms with van der Waals surface area (Å²) in [7, 11) is 0. The zero-order valence-corrected chi connectivity index (χ0v) is 14.7. The summed E-state index contributed by atoms with van der Waals surface area (Å²) in [4.78, 5) is 12.3. The maximum atomic E-state index is 12.3. The van der Waals surface area contributed by atoms with Gasteiger partial charge < -0.3 is 10.6 Å². The molecule has 1 aromatic carbocycles. The van der Waals surface area contributed by atoms with Crippen LogP contribution in [0.3, 0.4) is 0 Å². The number of amides is 1. The van der Waals surface area contributed by atoms with E-state index in [1.165, 1.54) is 18.4 Å². The average molecular weight is 335 g/mol. The Labute approximate surface area is 144 Å². The topological polar surface area (TPSA) is 41.1 Å². The Hall–Kier alpha value is -1.06. The molecule has 1 saturated heterocycles. The number of piperidine rings is 1. The van der Waals surface area contributed by atoms with Gasteiger partial charge in [-0.2, -0.15) is 0 Å². The lowest BCUT2D eigenvalue weighted by Crippen LogP contribution is -2.37. The molecule has 2 N–H and O–H groups in total. The molecule has 2 unspecified atom stereocenters. The monoisotopic (exact) mass is 334 g/mol. The Kier molecular flexibility index (Phi) is 5.27. The summed E-state index contributed by atoms with van der Waals surface area (Å²) in [5.41, 5.74) is 1.45. The molecule has 1 heterocycles. The minimum absolute atomic E-state index is 0.149. The normalized spacial score (nSPS) is 24.0. The van der Waals surface area contributed by atoms with Crippen molar-refractivity contribution < 1.29 is 4.79 Å². The van der Waals surface area contributed by atoms with Gasteiger partial charge in [0.05, 0.1) is 0 Å². The van der Waals surface area contributed by atoms with E-state index in [1.807, 2.05) is 12.1 Å². The van der Waals surface area contributed by atoms with E-state index in [0.29, 0.717) is 18.3 Å². The number of nitrogens with one attached hydrogen (secondary N) is 2. The van der Waals surface area contributed by atoms with E-state index in [2.05, 4.69) is 29.7 Å². The van der Waals surface area contributed by atoms with Gasteiger partial charge in [0.25, 0.3) is 0 Å². The number of hydrogen-bond acceptors (Lipinski definition) is 2. The van der Waals surface area contributed by atoms with Crippen LogP contribution in [0.25, 0.3) is 0 Å². The number of hydrogen-bond donors (Lipinski definition) is 2. The fraction of sp³-hybridized carbons (Fsp3) is 0.632. The van der Waals surface area contributed by atoms with E-state index in [-0.39, 0.29) is 11.3 Å². The van der Waals surface area contributed by atoms with Crippen LogP contribution in [0.4, 0.5) is 0 Å². The van der Waals surface area contributed by atoms with Crippen molar-refractivity contribution in [1.29, 1.82) is 0 Å². The lowest BCUT2D eigenvalue weighted by molar-refractivity contribution is -0.122. The molecular formula is C19H27ClN2O. The van der Waals surface area contributed by atoms with Crippen LogP contribution in [0.1, 0.15) is 44.6 Å². The van der Waals surface area contributed by atoms with Crippen LogP contribution < -0.4 is 10.6 Å². The summed E-state index contributed by atoms with van der Waals surface area (Å²) >= 11 is 5.97. The second kappa shape index (κ2) is 7.23. The molecule has 0 spiro atoms. The largest absolute Gasteiger partial charge is 0.355 e. The fourth-order valence-corrected chi connectivity index (χ4v) is 3.81. The van der Waals surface area contributed by atoms with E-state index in [0.717, 1.165) is 37.5 Å². The molecule has 2 aliphatic rings. The Morgan fingerprint density at radius 1 is 1.39 bits per heavy atom. The highest BCUT2D eigenvalue weighted by molar-refractivity contribution is 6.30. The van der Waals surface area contributed by atoms with E-state index < -0.39 is 0 Å². The van der Waals surface area contributed by atoms with E-state index in [4.69, 9.17) is 11.6 Å². The van der Waals surface area contributed by atoms with Gasteiger partial charge in [0.1, 0.15) is 0 Å². The summed E-state index contributed by atoms with van der Waals surface area (Å²) in [6.45, 7) is 5.15. The smallest absolute Gasteiger partial charge is 0.220 e. The van der Waals surface area contributed by atoms with Gasteiger partial charge in [-0.1, -0.05) is 30.7 Å². The maximum Gasteiger partial charge on any atom is 0.220 e. The Morgan fingerprint density at radius 3 is 2.74 bits per heavy atom. The highest BCUT2D eigenvalue weighted by Gasteiger charge is 2.44. The Morgan fingerprint density at radius 2 is 2.13 bits per heavy atom. The number of carbonyl (C=O) groups is 1. The maximum absolute atomic E-state index is 12.3. The van der Waals surface area contributed by atoms with Gasteiger partial charge in [-0.3, -0.25) is 4.79 Å². The van der Waals surface area contributed by atoms with Crippen LogP contribution in [-0.4, -0.2) is 25.5 Å². The quantitative estimate of drug-likeness (QED) is 0.835. The molecule has 2 atom stereocenters. The molecule has 0 aromatic heterocycles. The standard InChI is InChI=1S/C19H27ClN2O/c1-14(15-3-2-10-21-12-15)11-18(23)22-13-19(8-9-19)16-4-6-17(20)7-5-16/h4-7,14-15,21H,2-3,8-13H2,1H3,(H,22,23). The van der Waals surface area contributed by atoms with Crippen molar-refractivity contribution in [2.24, 2.45) is 11.8 Å². The third-order valence-electron chi connectivity index (χ3n) is 5.58. The lowest BCUT2D eigenvalue weighted by Gasteiger charge is -2.28. The number of benzene rings is 1. The van der Waals surface area contributed by atoms with Gasteiger partial charge in [-0.25, -0.2) is 0 Å². The lowest BCUT2D eigenvalue weighted by atomic mass is 9.85. The molecule has 0 radical (unpaired) electrons. The first-order valence-electron chi connectivity index (χ1n) is 8.82. The van der Waals surface area contributed by atoms with Gasteiger partial charge >= 0.3 is 0 Å². The zero-order chi connectivity index (χ0) is 16.3. The van der Waals surface area contributed by atoms with Crippen molar-refractivity contribution in [1.82, 2.24) is 10.6 Å². The second-order valence-electron chi connectivity index (χ2n) is 7.35. The van der Waals surface area contributed by atoms with Crippen molar-refractivity contribution in [3.63, 3.8) is 0 Å². The van der Waals surface area contributed by atoms with Gasteiger partial charge in [0, 0.05) is 23.4 Å².